The second kappa shape index (κ2) is 10.5. The number of methoxy groups -OCH3 is 1. The number of imidazole rings is 1. The van der Waals surface area contributed by atoms with E-state index in [9.17, 15) is 9.59 Å². The first-order valence-corrected chi connectivity index (χ1v) is 16.0. The van der Waals surface area contributed by atoms with Crippen molar-refractivity contribution in [1.82, 2.24) is 24.0 Å². The topological polar surface area (TPSA) is 108 Å². The van der Waals surface area contributed by atoms with Crippen LogP contribution in [0.25, 0.3) is 44.8 Å². The molecule has 9 heteroatoms. The molecule has 2 aromatic carbocycles. The Morgan fingerprint density at radius 3 is 2.58 bits per heavy atom. The number of carbonyl (C=O) groups is 2. The van der Waals surface area contributed by atoms with Crippen LogP contribution in [0.4, 0.5) is 0 Å². The molecule has 9 nitrogen and oxygen atoms in total. The first-order chi connectivity index (χ1) is 21.8. The zero-order valence-electron chi connectivity index (χ0n) is 26.0. The van der Waals surface area contributed by atoms with Crippen molar-refractivity contribution in [2.24, 2.45) is 24.6 Å². The molecule has 4 heterocycles. The molecule has 3 atom stereocenters. The maximum absolute atomic E-state index is 13.7. The third-order valence-corrected chi connectivity index (χ3v) is 10.1. The third kappa shape index (κ3) is 4.72. The maximum atomic E-state index is 13.7. The van der Waals surface area contributed by atoms with E-state index in [0.717, 1.165) is 76.3 Å². The van der Waals surface area contributed by atoms with Crippen molar-refractivity contribution in [3.8, 4) is 28.5 Å². The van der Waals surface area contributed by atoms with Crippen LogP contribution in [-0.2, 0) is 24.8 Å². The zero-order valence-corrected chi connectivity index (χ0v) is 26.0. The van der Waals surface area contributed by atoms with E-state index < -0.39 is 0 Å². The molecule has 45 heavy (non-hydrogen) atoms. The summed E-state index contributed by atoms with van der Waals surface area (Å²) in [5.41, 5.74) is 13.3. The molecule has 3 aliphatic rings. The van der Waals surface area contributed by atoms with E-state index in [1.807, 2.05) is 48.3 Å². The zero-order chi connectivity index (χ0) is 31.0. The molecule has 1 aliphatic heterocycles. The average Bonchev–Trinajstić information content (AvgIpc) is 3.44. The molecule has 5 aromatic rings. The van der Waals surface area contributed by atoms with Crippen LogP contribution in [0.2, 0.25) is 0 Å². The largest absolute Gasteiger partial charge is 0.494 e. The summed E-state index contributed by atoms with van der Waals surface area (Å²) in [6.45, 7) is 3.20. The van der Waals surface area contributed by atoms with Crippen molar-refractivity contribution in [3.63, 3.8) is 0 Å². The molecule has 2 aliphatic carbocycles. The van der Waals surface area contributed by atoms with E-state index in [-0.39, 0.29) is 23.8 Å². The molecule has 1 amide bonds. The minimum absolute atomic E-state index is 0.00278. The standard InChI is InChI=1S/C36H38N6O3/c1-20(43)13-22-5-4-6-23(14-22)27-11-9-24-16-30(41(34(24)38-27)18-21-7-8-21)35-39-28-15-26(17-31(45-3)33(28)40(35)2)36(44)42-19-25-10-12-29(42)32(25)37/h4-6,9,11,14-17,21,25,29,32H,7-8,10,12-13,18-19,37H2,1-3H3/t25?,29?,32-/m1/s1. The number of aromatic nitrogens is 4. The second-order valence-electron chi connectivity index (χ2n) is 13.3. The molecular formula is C36H38N6O3. The number of likely N-dealkylation sites (tertiary alicyclic amines) is 1. The van der Waals surface area contributed by atoms with Gasteiger partial charge in [0, 0.05) is 55.2 Å². The van der Waals surface area contributed by atoms with Gasteiger partial charge in [0.2, 0.25) is 0 Å². The van der Waals surface area contributed by atoms with Crippen molar-refractivity contribution >= 4 is 33.8 Å². The molecule has 8 rings (SSSR count). The fourth-order valence-corrected chi connectivity index (χ4v) is 7.61. The quantitative estimate of drug-likeness (QED) is 0.256. The number of amides is 1. The van der Waals surface area contributed by atoms with Gasteiger partial charge in [0.15, 0.2) is 5.82 Å². The van der Waals surface area contributed by atoms with E-state index in [4.69, 9.17) is 20.4 Å². The first-order valence-electron chi connectivity index (χ1n) is 16.0. The maximum Gasteiger partial charge on any atom is 0.254 e. The van der Waals surface area contributed by atoms with Crippen LogP contribution in [0.5, 0.6) is 5.75 Å². The lowest BCUT2D eigenvalue weighted by Gasteiger charge is -2.27. The lowest BCUT2D eigenvalue weighted by atomic mass is 10.0. The number of hydrogen-bond donors (Lipinski definition) is 1. The summed E-state index contributed by atoms with van der Waals surface area (Å²) < 4.78 is 10.2. The highest BCUT2D eigenvalue weighted by Gasteiger charge is 2.47. The number of pyridine rings is 1. The molecule has 2 saturated carbocycles. The average molecular weight is 603 g/mol. The fourth-order valence-electron chi connectivity index (χ4n) is 7.61. The van der Waals surface area contributed by atoms with Gasteiger partial charge in [0.25, 0.3) is 5.91 Å². The van der Waals surface area contributed by atoms with Gasteiger partial charge in [-0.05, 0) is 86.4 Å². The van der Waals surface area contributed by atoms with Crippen molar-refractivity contribution in [3.05, 3.63) is 65.7 Å². The predicted octanol–water partition coefficient (Wildman–Crippen LogP) is 5.37. The Morgan fingerprint density at radius 1 is 1.02 bits per heavy atom. The highest BCUT2D eigenvalue weighted by atomic mass is 16.5. The molecule has 0 radical (unpaired) electrons. The number of rotatable bonds is 8. The number of piperidine rings is 1. The van der Waals surface area contributed by atoms with E-state index in [1.165, 1.54) is 12.8 Å². The number of carbonyl (C=O) groups excluding carboxylic acids is 2. The molecule has 0 spiro atoms. The summed E-state index contributed by atoms with van der Waals surface area (Å²) in [5.74, 6) is 2.57. The highest BCUT2D eigenvalue weighted by molar-refractivity contribution is 6.00. The Balaban J connectivity index is 1.22. The summed E-state index contributed by atoms with van der Waals surface area (Å²) in [7, 11) is 3.65. The smallest absolute Gasteiger partial charge is 0.254 e. The molecule has 230 valence electrons. The highest BCUT2D eigenvalue weighted by Crippen LogP contribution is 2.40. The summed E-state index contributed by atoms with van der Waals surface area (Å²) in [4.78, 5) is 37.7. The Labute approximate surface area is 262 Å². The Kier molecular flexibility index (Phi) is 6.57. The molecule has 1 saturated heterocycles. The molecule has 2 N–H and O–H groups in total. The third-order valence-electron chi connectivity index (χ3n) is 10.1. The van der Waals surface area contributed by atoms with Gasteiger partial charge in [0.05, 0.1) is 24.0 Å². The van der Waals surface area contributed by atoms with Gasteiger partial charge in [-0.2, -0.15) is 0 Å². The van der Waals surface area contributed by atoms with Crippen LogP contribution < -0.4 is 10.5 Å². The molecular weight excluding hydrogens is 564 g/mol. The first kappa shape index (κ1) is 28.0. The lowest BCUT2D eigenvalue weighted by molar-refractivity contribution is -0.116. The number of nitrogens with two attached hydrogens (primary N) is 1. The number of nitrogens with zero attached hydrogens (tertiary/aromatic N) is 5. The summed E-state index contributed by atoms with van der Waals surface area (Å²) >= 11 is 0. The van der Waals surface area contributed by atoms with Crippen LogP contribution in [-0.4, -0.2) is 61.4 Å². The van der Waals surface area contributed by atoms with Gasteiger partial charge >= 0.3 is 0 Å². The number of ether oxygens (including phenoxy) is 1. The van der Waals surface area contributed by atoms with Gasteiger partial charge in [0.1, 0.15) is 22.7 Å². The molecule has 3 fully saturated rings. The SMILES string of the molecule is COc1cc(C(=O)N2CC3CCC2[C@@H]3N)cc2nc(-c3cc4ccc(-c5cccc(CC(C)=O)c5)nc4n3CC3CC3)n(C)c12. The van der Waals surface area contributed by atoms with Crippen LogP contribution in [0.15, 0.2) is 54.6 Å². The van der Waals surface area contributed by atoms with Gasteiger partial charge in [-0.25, -0.2) is 9.97 Å². The van der Waals surface area contributed by atoms with E-state index >= 15 is 0 Å². The minimum atomic E-state index is -0.00278. The van der Waals surface area contributed by atoms with E-state index in [0.29, 0.717) is 29.6 Å². The summed E-state index contributed by atoms with van der Waals surface area (Å²) in [5, 5.41) is 1.05. The Bertz CT molecular complexity index is 2000. The van der Waals surface area contributed by atoms with Crippen LogP contribution >= 0.6 is 0 Å². The fraction of sp³-hybridized carbons (Fsp3) is 0.389. The normalized spacial score (nSPS) is 20.9. The van der Waals surface area contributed by atoms with Crippen molar-refractivity contribution < 1.29 is 14.3 Å². The summed E-state index contributed by atoms with van der Waals surface area (Å²) in [6.07, 6.45) is 4.88. The van der Waals surface area contributed by atoms with E-state index in [1.54, 1.807) is 14.0 Å². The molecule has 2 bridgehead atoms. The Hall–Kier alpha value is -4.50. The van der Waals surface area contributed by atoms with Crippen LogP contribution in [0.3, 0.4) is 0 Å². The van der Waals surface area contributed by atoms with Crippen molar-refractivity contribution in [1.29, 1.82) is 0 Å². The number of fused-ring (bicyclic) bond motifs is 4. The second-order valence-corrected chi connectivity index (χ2v) is 13.3. The van der Waals surface area contributed by atoms with Gasteiger partial charge in [-0.15, -0.1) is 0 Å². The van der Waals surface area contributed by atoms with Crippen molar-refractivity contribution in [2.75, 3.05) is 13.7 Å². The minimum Gasteiger partial charge on any atom is -0.494 e. The monoisotopic (exact) mass is 602 g/mol. The number of Topliss-reactive ketones (excluding diaryl/α,β-unsaturated/α-hetero) is 1. The van der Waals surface area contributed by atoms with Gasteiger partial charge in [-0.3, -0.25) is 9.59 Å². The van der Waals surface area contributed by atoms with Gasteiger partial charge in [-0.1, -0.05) is 18.2 Å². The number of hydrogen-bond acceptors (Lipinski definition) is 6. The number of ketones is 1. The van der Waals surface area contributed by atoms with Gasteiger partial charge < -0.3 is 24.5 Å². The molecule has 2 unspecified atom stereocenters. The predicted molar refractivity (Wildman–Crippen MR) is 174 cm³/mol. The number of benzene rings is 2. The van der Waals surface area contributed by atoms with Crippen LogP contribution in [0.1, 0.15) is 48.5 Å². The number of aryl methyl sites for hydroxylation is 1. The van der Waals surface area contributed by atoms with Crippen LogP contribution in [0, 0.1) is 11.8 Å². The lowest BCUT2D eigenvalue weighted by Crippen LogP contribution is -2.41. The summed E-state index contributed by atoms with van der Waals surface area (Å²) in [6, 6.07) is 18.3. The van der Waals surface area contributed by atoms with E-state index in [2.05, 4.69) is 27.3 Å². The Morgan fingerprint density at radius 2 is 1.87 bits per heavy atom. The van der Waals surface area contributed by atoms with Crippen molar-refractivity contribution in [2.45, 2.75) is 57.7 Å². The molecule has 3 aromatic heterocycles.